The number of aryl methyl sites for hydroxylation is 2. The molecular formula is C27H27F3O2. The highest BCUT2D eigenvalue weighted by atomic mass is 19.2. The van der Waals surface area contributed by atoms with Crippen LogP contribution in [0.3, 0.4) is 0 Å². The summed E-state index contributed by atoms with van der Waals surface area (Å²) in [6.07, 6.45) is 4.89. The highest BCUT2D eigenvalue weighted by Crippen LogP contribution is 2.26. The number of hydrogen-bond acceptors (Lipinski definition) is 2. The fraction of sp³-hybridized carbons (Fsp3) is 0.296. The molecule has 0 aliphatic heterocycles. The number of carbonyl (C=O) groups is 1. The van der Waals surface area contributed by atoms with Gasteiger partial charge in [-0.05, 0) is 65.8 Å². The zero-order chi connectivity index (χ0) is 23.1. The van der Waals surface area contributed by atoms with E-state index < -0.39 is 23.4 Å². The van der Waals surface area contributed by atoms with Crippen molar-refractivity contribution in [1.29, 1.82) is 0 Å². The van der Waals surface area contributed by atoms with E-state index >= 15 is 0 Å². The van der Waals surface area contributed by atoms with Crippen LogP contribution in [0.2, 0.25) is 0 Å². The lowest BCUT2D eigenvalue weighted by Crippen LogP contribution is -2.10. The molecule has 0 aliphatic rings. The van der Waals surface area contributed by atoms with Gasteiger partial charge in [0.25, 0.3) is 0 Å². The van der Waals surface area contributed by atoms with Crippen LogP contribution >= 0.6 is 0 Å². The van der Waals surface area contributed by atoms with Gasteiger partial charge in [-0.3, -0.25) is 0 Å². The van der Waals surface area contributed by atoms with Crippen LogP contribution < -0.4 is 4.74 Å². The van der Waals surface area contributed by atoms with Crippen LogP contribution in [0.15, 0.2) is 54.6 Å². The molecule has 0 N–H and O–H groups in total. The molecule has 3 rings (SSSR count). The number of esters is 1. The molecule has 0 fully saturated rings. The van der Waals surface area contributed by atoms with Gasteiger partial charge in [0.2, 0.25) is 5.82 Å². The molecular weight excluding hydrogens is 413 g/mol. The standard InChI is InChI=1S/C27H27F3O2/c1-3-5-6-8-19-11-14-22(17-23(19)28)18-9-12-21(13-10-18)27(31)32-24-16-15-20(7-4-2)25(29)26(24)30/h9-17H,3-8H2,1-2H3. The van der Waals surface area contributed by atoms with E-state index in [0.717, 1.165) is 24.8 Å². The van der Waals surface area contributed by atoms with Gasteiger partial charge in [-0.15, -0.1) is 0 Å². The van der Waals surface area contributed by atoms with Gasteiger partial charge >= 0.3 is 5.97 Å². The summed E-state index contributed by atoms with van der Waals surface area (Å²) in [5.74, 6) is -3.65. The molecule has 0 unspecified atom stereocenters. The van der Waals surface area contributed by atoms with Gasteiger partial charge < -0.3 is 4.74 Å². The molecule has 0 saturated heterocycles. The smallest absolute Gasteiger partial charge is 0.343 e. The van der Waals surface area contributed by atoms with Crippen molar-refractivity contribution < 1.29 is 22.7 Å². The molecule has 0 spiro atoms. The molecule has 0 bridgehead atoms. The first-order valence-corrected chi connectivity index (χ1v) is 11.0. The lowest BCUT2D eigenvalue weighted by Gasteiger charge is -2.10. The van der Waals surface area contributed by atoms with Crippen molar-refractivity contribution in [2.24, 2.45) is 0 Å². The first-order valence-electron chi connectivity index (χ1n) is 11.0. The third-order valence-electron chi connectivity index (χ3n) is 5.41. The molecule has 3 aromatic rings. The zero-order valence-electron chi connectivity index (χ0n) is 18.4. The summed E-state index contributed by atoms with van der Waals surface area (Å²) in [5, 5.41) is 0. The normalized spacial score (nSPS) is 10.9. The third kappa shape index (κ3) is 5.58. The van der Waals surface area contributed by atoms with Crippen LogP contribution in [0.5, 0.6) is 5.75 Å². The maximum atomic E-state index is 14.4. The van der Waals surface area contributed by atoms with E-state index in [1.54, 1.807) is 18.2 Å². The third-order valence-corrected chi connectivity index (χ3v) is 5.41. The quantitative estimate of drug-likeness (QED) is 0.194. The van der Waals surface area contributed by atoms with Crippen LogP contribution in [0.4, 0.5) is 13.2 Å². The molecule has 0 amide bonds. The van der Waals surface area contributed by atoms with Crippen molar-refractivity contribution in [3.05, 3.63) is 88.7 Å². The maximum absolute atomic E-state index is 14.4. The van der Waals surface area contributed by atoms with Crippen LogP contribution in [-0.4, -0.2) is 5.97 Å². The fourth-order valence-corrected chi connectivity index (χ4v) is 3.57. The second kappa shape index (κ2) is 11.0. The van der Waals surface area contributed by atoms with E-state index in [0.29, 0.717) is 30.4 Å². The number of benzene rings is 3. The predicted molar refractivity (Wildman–Crippen MR) is 120 cm³/mol. The second-order valence-corrected chi connectivity index (χ2v) is 7.83. The van der Waals surface area contributed by atoms with Gasteiger partial charge in [-0.1, -0.05) is 63.4 Å². The monoisotopic (exact) mass is 440 g/mol. The van der Waals surface area contributed by atoms with Crippen LogP contribution in [0.25, 0.3) is 11.1 Å². The first-order chi connectivity index (χ1) is 15.4. The summed E-state index contributed by atoms with van der Waals surface area (Å²) in [6.45, 7) is 3.97. The van der Waals surface area contributed by atoms with Gasteiger partial charge in [0.15, 0.2) is 11.6 Å². The minimum Gasteiger partial charge on any atom is -0.420 e. The second-order valence-electron chi connectivity index (χ2n) is 7.83. The van der Waals surface area contributed by atoms with E-state index in [2.05, 4.69) is 6.92 Å². The van der Waals surface area contributed by atoms with Gasteiger partial charge in [0, 0.05) is 0 Å². The minimum atomic E-state index is -1.17. The van der Waals surface area contributed by atoms with Gasteiger partial charge in [-0.2, -0.15) is 4.39 Å². The number of hydrogen-bond donors (Lipinski definition) is 0. The summed E-state index contributed by atoms with van der Waals surface area (Å²) < 4.78 is 47.8. The molecule has 0 radical (unpaired) electrons. The summed E-state index contributed by atoms with van der Waals surface area (Å²) >= 11 is 0. The molecule has 3 aromatic carbocycles. The molecule has 0 atom stereocenters. The Morgan fingerprint density at radius 3 is 2.09 bits per heavy atom. The number of halogens is 3. The average molecular weight is 441 g/mol. The topological polar surface area (TPSA) is 26.3 Å². The highest BCUT2D eigenvalue weighted by molar-refractivity contribution is 5.91. The number of carbonyl (C=O) groups excluding carboxylic acids is 1. The van der Waals surface area contributed by atoms with Crippen molar-refractivity contribution in [2.75, 3.05) is 0 Å². The Balaban J connectivity index is 1.71. The minimum absolute atomic E-state index is 0.183. The van der Waals surface area contributed by atoms with Crippen molar-refractivity contribution >= 4 is 5.97 Å². The Labute approximate surface area is 187 Å². The Hall–Kier alpha value is -3.08. The largest absolute Gasteiger partial charge is 0.420 e. The summed E-state index contributed by atoms with van der Waals surface area (Å²) in [4.78, 5) is 12.4. The zero-order valence-corrected chi connectivity index (χ0v) is 18.4. The van der Waals surface area contributed by atoms with E-state index in [-0.39, 0.29) is 16.9 Å². The highest BCUT2D eigenvalue weighted by Gasteiger charge is 2.18. The first kappa shape index (κ1) is 23.6. The Morgan fingerprint density at radius 1 is 0.750 bits per heavy atom. The molecule has 0 saturated carbocycles. The lowest BCUT2D eigenvalue weighted by atomic mass is 10.00. The van der Waals surface area contributed by atoms with E-state index in [4.69, 9.17) is 4.74 Å². The van der Waals surface area contributed by atoms with Crippen molar-refractivity contribution in [1.82, 2.24) is 0 Å². The van der Waals surface area contributed by atoms with Crippen LogP contribution in [0, 0.1) is 17.5 Å². The Kier molecular flexibility index (Phi) is 8.09. The van der Waals surface area contributed by atoms with Crippen LogP contribution in [-0.2, 0) is 12.8 Å². The average Bonchev–Trinajstić information content (AvgIpc) is 2.80. The van der Waals surface area contributed by atoms with Gasteiger partial charge in [0.05, 0.1) is 5.56 Å². The fourth-order valence-electron chi connectivity index (χ4n) is 3.57. The molecule has 0 aliphatic carbocycles. The van der Waals surface area contributed by atoms with Gasteiger partial charge in [-0.25, -0.2) is 13.6 Å². The molecule has 2 nitrogen and oxygen atoms in total. The summed E-state index contributed by atoms with van der Waals surface area (Å²) in [6, 6.07) is 14.2. The van der Waals surface area contributed by atoms with Crippen molar-refractivity contribution in [3.8, 4) is 16.9 Å². The Morgan fingerprint density at radius 2 is 1.44 bits per heavy atom. The van der Waals surface area contributed by atoms with Crippen LogP contribution in [0.1, 0.15) is 61.0 Å². The molecule has 0 heterocycles. The summed E-state index contributed by atoms with van der Waals surface area (Å²) in [7, 11) is 0. The Bertz CT molecular complexity index is 1080. The molecule has 5 heteroatoms. The van der Waals surface area contributed by atoms with E-state index in [1.807, 2.05) is 13.0 Å². The number of ether oxygens (including phenoxy) is 1. The maximum Gasteiger partial charge on any atom is 0.343 e. The SMILES string of the molecule is CCCCCc1ccc(-c2ccc(C(=O)Oc3ccc(CCC)c(F)c3F)cc2)cc1F. The van der Waals surface area contributed by atoms with E-state index in [9.17, 15) is 18.0 Å². The predicted octanol–water partition coefficient (Wildman–Crippen LogP) is 7.68. The van der Waals surface area contributed by atoms with E-state index in [1.165, 1.54) is 30.3 Å². The van der Waals surface area contributed by atoms with Crippen molar-refractivity contribution in [2.45, 2.75) is 52.4 Å². The molecule has 168 valence electrons. The van der Waals surface area contributed by atoms with Gasteiger partial charge in [0.1, 0.15) is 5.82 Å². The summed E-state index contributed by atoms with van der Waals surface area (Å²) in [5.41, 5.74) is 2.56. The molecule has 0 aromatic heterocycles. The molecule has 32 heavy (non-hydrogen) atoms. The number of unbranched alkanes of at least 4 members (excludes halogenated alkanes) is 2. The van der Waals surface area contributed by atoms with Crippen molar-refractivity contribution in [3.63, 3.8) is 0 Å². The number of rotatable bonds is 9. The lowest BCUT2D eigenvalue weighted by molar-refractivity contribution is 0.0726.